The molecule has 0 N–H and O–H groups in total. The first kappa shape index (κ1) is 15.8. The molecule has 19 heavy (non-hydrogen) atoms. The van der Waals surface area contributed by atoms with Gasteiger partial charge in [0.1, 0.15) is 0 Å². The summed E-state index contributed by atoms with van der Waals surface area (Å²) in [4.78, 5) is 27.1. The number of piperazine rings is 1. The molecule has 0 saturated carbocycles. The first-order valence-corrected chi connectivity index (χ1v) is 7.24. The van der Waals surface area contributed by atoms with Gasteiger partial charge in [-0.1, -0.05) is 27.2 Å². The molecule has 1 fully saturated rings. The van der Waals surface area contributed by atoms with Crippen molar-refractivity contribution in [2.45, 2.75) is 40.0 Å². The molecular formula is C14H26N2O3. The van der Waals surface area contributed by atoms with E-state index in [1.54, 1.807) is 4.90 Å². The number of amides is 2. The van der Waals surface area contributed by atoms with Crippen molar-refractivity contribution < 1.29 is 14.3 Å². The summed E-state index contributed by atoms with van der Waals surface area (Å²) in [5.74, 6) is 0.554. The molecule has 2 amide bonds. The highest BCUT2D eigenvalue weighted by atomic mass is 16.6. The van der Waals surface area contributed by atoms with Crippen LogP contribution in [-0.2, 0) is 9.53 Å². The lowest BCUT2D eigenvalue weighted by atomic mass is 10.2. The first-order valence-electron chi connectivity index (χ1n) is 7.24. The molecule has 5 heteroatoms. The summed E-state index contributed by atoms with van der Waals surface area (Å²) in [5.41, 5.74) is 0. The summed E-state index contributed by atoms with van der Waals surface area (Å²) in [6, 6.07) is 0. The van der Waals surface area contributed by atoms with Crippen molar-refractivity contribution in [1.29, 1.82) is 0 Å². The van der Waals surface area contributed by atoms with Crippen LogP contribution in [0.4, 0.5) is 4.79 Å². The summed E-state index contributed by atoms with van der Waals surface area (Å²) in [7, 11) is 0. The van der Waals surface area contributed by atoms with Crippen LogP contribution in [0.3, 0.4) is 0 Å². The van der Waals surface area contributed by atoms with Gasteiger partial charge < -0.3 is 14.5 Å². The summed E-state index contributed by atoms with van der Waals surface area (Å²) in [6.45, 7) is 8.96. The van der Waals surface area contributed by atoms with E-state index in [1.807, 2.05) is 18.7 Å². The molecule has 1 heterocycles. The minimum atomic E-state index is -0.255. The molecule has 1 aliphatic rings. The zero-order chi connectivity index (χ0) is 14.3. The highest BCUT2D eigenvalue weighted by Gasteiger charge is 2.24. The van der Waals surface area contributed by atoms with E-state index in [-0.39, 0.29) is 12.0 Å². The maximum Gasteiger partial charge on any atom is 0.409 e. The molecular weight excluding hydrogens is 244 g/mol. The van der Waals surface area contributed by atoms with E-state index >= 15 is 0 Å². The number of hydrogen-bond acceptors (Lipinski definition) is 3. The van der Waals surface area contributed by atoms with Crippen LogP contribution in [0.1, 0.15) is 40.0 Å². The Morgan fingerprint density at radius 3 is 2.21 bits per heavy atom. The molecule has 0 unspecified atom stereocenters. The highest BCUT2D eigenvalue weighted by Crippen LogP contribution is 2.08. The van der Waals surface area contributed by atoms with Crippen LogP contribution < -0.4 is 0 Å². The third-order valence-corrected chi connectivity index (χ3v) is 3.17. The number of ether oxygens (including phenoxy) is 1. The number of rotatable bonds is 5. The number of unbranched alkanes of at least 4 members (excludes halogenated alkanes) is 1. The number of carbonyl (C=O) groups excluding carboxylic acids is 2. The molecule has 1 aliphatic heterocycles. The minimum Gasteiger partial charge on any atom is -0.449 e. The minimum absolute atomic E-state index is 0.206. The smallest absolute Gasteiger partial charge is 0.409 e. The lowest BCUT2D eigenvalue weighted by Crippen LogP contribution is -2.50. The van der Waals surface area contributed by atoms with Gasteiger partial charge in [0.25, 0.3) is 0 Å². The maximum absolute atomic E-state index is 11.8. The van der Waals surface area contributed by atoms with Crippen molar-refractivity contribution >= 4 is 12.0 Å². The molecule has 0 atom stereocenters. The predicted molar refractivity (Wildman–Crippen MR) is 73.9 cm³/mol. The molecule has 0 aromatic carbocycles. The van der Waals surface area contributed by atoms with Crippen LogP contribution in [0.25, 0.3) is 0 Å². The summed E-state index contributed by atoms with van der Waals surface area (Å²) < 4.78 is 5.19. The Morgan fingerprint density at radius 1 is 1.11 bits per heavy atom. The second-order valence-corrected chi connectivity index (χ2v) is 5.44. The molecule has 1 saturated heterocycles. The quantitative estimate of drug-likeness (QED) is 0.769. The summed E-state index contributed by atoms with van der Waals surface area (Å²) >= 11 is 0. The fourth-order valence-corrected chi connectivity index (χ4v) is 1.95. The summed E-state index contributed by atoms with van der Waals surface area (Å²) in [5, 5.41) is 0. The van der Waals surface area contributed by atoms with Crippen molar-refractivity contribution in [3.05, 3.63) is 0 Å². The van der Waals surface area contributed by atoms with E-state index in [1.165, 1.54) is 0 Å². The monoisotopic (exact) mass is 270 g/mol. The third kappa shape index (κ3) is 5.49. The lowest BCUT2D eigenvalue weighted by molar-refractivity contribution is -0.132. The van der Waals surface area contributed by atoms with Crippen LogP contribution in [0, 0.1) is 5.92 Å². The molecule has 1 rings (SSSR count). The predicted octanol–water partition coefficient (Wildman–Crippen LogP) is 2.11. The van der Waals surface area contributed by atoms with Crippen molar-refractivity contribution in [3.63, 3.8) is 0 Å². The molecule has 5 nitrogen and oxygen atoms in total. The Hall–Kier alpha value is -1.26. The van der Waals surface area contributed by atoms with Crippen LogP contribution in [0.15, 0.2) is 0 Å². The normalized spacial score (nSPS) is 15.8. The Kier molecular flexibility index (Phi) is 6.67. The molecule has 110 valence electrons. The van der Waals surface area contributed by atoms with Gasteiger partial charge in [-0.3, -0.25) is 4.79 Å². The van der Waals surface area contributed by atoms with E-state index in [0.29, 0.717) is 45.1 Å². The molecule has 0 aromatic rings. The van der Waals surface area contributed by atoms with Gasteiger partial charge in [-0.15, -0.1) is 0 Å². The van der Waals surface area contributed by atoms with E-state index < -0.39 is 0 Å². The number of nitrogens with zero attached hydrogens (tertiary/aromatic N) is 2. The van der Waals surface area contributed by atoms with Gasteiger partial charge in [-0.05, 0) is 12.3 Å². The van der Waals surface area contributed by atoms with E-state index in [4.69, 9.17) is 4.74 Å². The lowest BCUT2D eigenvalue weighted by Gasteiger charge is -2.34. The topological polar surface area (TPSA) is 49.9 Å². The van der Waals surface area contributed by atoms with Crippen LogP contribution in [-0.4, -0.2) is 54.6 Å². The Balaban J connectivity index is 2.28. The molecule has 0 radical (unpaired) electrons. The van der Waals surface area contributed by atoms with Crippen molar-refractivity contribution in [2.24, 2.45) is 5.92 Å². The van der Waals surface area contributed by atoms with Gasteiger partial charge >= 0.3 is 6.09 Å². The number of hydrogen-bond donors (Lipinski definition) is 0. The third-order valence-electron chi connectivity index (χ3n) is 3.17. The molecule has 0 bridgehead atoms. The van der Waals surface area contributed by atoms with Crippen LogP contribution >= 0.6 is 0 Å². The van der Waals surface area contributed by atoms with Gasteiger partial charge in [-0.25, -0.2) is 4.79 Å². The highest BCUT2D eigenvalue weighted by molar-refractivity contribution is 5.76. The largest absolute Gasteiger partial charge is 0.449 e. The van der Waals surface area contributed by atoms with Crippen molar-refractivity contribution in [1.82, 2.24) is 9.80 Å². The van der Waals surface area contributed by atoms with Gasteiger partial charge in [0, 0.05) is 32.6 Å². The summed E-state index contributed by atoms with van der Waals surface area (Å²) in [6.07, 6.45) is 2.34. The molecule has 0 aliphatic carbocycles. The second kappa shape index (κ2) is 8.02. The van der Waals surface area contributed by atoms with Gasteiger partial charge in [0.2, 0.25) is 5.91 Å². The fraction of sp³-hybridized carbons (Fsp3) is 0.857. The Morgan fingerprint density at radius 2 is 1.68 bits per heavy atom. The SMILES string of the molecule is CCCCC(=O)N1CCN(C(=O)OCC(C)C)CC1. The van der Waals surface area contributed by atoms with E-state index in [9.17, 15) is 9.59 Å². The maximum atomic E-state index is 11.8. The standard InChI is InChI=1S/C14H26N2O3/c1-4-5-6-13(17)15-7-9-16(10-8-15)14(18)19-11-12(2)3/h12H,4-11H2,1-3H3. The molecule has 0 spiro atoms. The van der Waals surface area contributed by atoms with Crippen molar-refractivity contribution in [3.8, 4) is 0 Å². The average molecular weight is 270 g/mol. The Labute approximate surface area is 115 Å². The average Bonchev–Trinajstić information content (AvgIpc) is 2.42. The number of carbonyl (C=O) groups is 2. The van der Waals surface area contributed by atoms with Gasteiger partial charge in [-0.2, -0.15) is 0 Å². The first-order chi connectivity index (χ1) is 9.04. The van der Waals surface area contributed by atoms with Crippen LogP contribution in [0.2, 0.25) is 0 Å². The van der Waals surface area contributed by atoms with E-state index in [2.05, 4.69) is 6.92 Å². The zero-order valence-electron chi connectivity index (χ0n) is 12.4. The zero-order valence-corrected chi connectivity index (χ0v) is 12.4. The fourth-order valence-electron chi connectivity index (χ4n) is 1.95. The molecule has 0 aromatic heterocycles. The second-order valence-electron chi connectivity index (χ2n) is 5.44. The van der Waals surface area contributed by atoms with E-state index in [0.717, 1.165) is 12.8 Å². The van der Waals surface area contributed by atoms with Crippen LogP contribution in [0.5, 0.6) is 0 Å². The van der Waals surface area contributed by atoms with Gasteiger partial charge in [0.15, 0.2) is 0 Å². The Bertz CT molecular complexity index is 297. The van der Waals surface area contributed by atoms with Gasteiger partial charge in [0.05, 0.1) is 6.61 Å². The van der Waals surface area contributed by atoms with Crippen molar-refractivity contribution in [2.75, 3.05) is 32.8 Å².